The highest BCUT2D eigenvalue weighted by atomic mass is 15.1. The third kappa shape index (κ3) is 2.45. The first-order chi connectivity index (χ1) is 9.78. The molecule has 0 aromatic heterocycles. The van der Waals surface area contributed by atoms with Crippen LogP contribution in [0.3, 0.4) is 0 Å². The van der Waals surface area contributed by atoms with E-state index >= 15 is 0 Å². The minimum Gasteiger partial charge on any atom is -0.295 e. The molecule has 1 aliphatic carbocycles. The van der Waals surface area contributed by atoms with E-state index < -0.39 is 0 Å². The number of aryl methyl sites for hydroxylation is 1. The third-order valence-electron chi connectivity index (χ3n) is 4.12. The van der Waals surface area contributed by atoms with Gasteiger partial charge in [-0.1, -0.05) is 36.4 Å². The van der Waals surface area contributed by atoms with Gasteiger partial charge in [-0.3, -0.25) is 4.90 Å². The van der Waals surface area contributed by atoms with Crippen molar-refractivity contribution in [3.63, 3.8) is 0 Å². The van der Waals surface area contributed by atoms with Crippen LogP contribution < -0.4 is 0 Å². The molecule has 100 valence electrons. The molecule has 2 nitrogen and oxygen atoms in total. The van der Waals surface area contributed by atoms with Crippen molar-refractivity contribution < 1.29 is 0 Å². The van der Waals surface area contributed by atoms with Crippen molar-refractivity contribution >= 4 is 0 Å². The molecule has 3 rings (SSSR count). The molecule has 0 saturated carbocycles. The molecule has 0 amide bonds. The second kappa shape index (κ2) is 5.48. The molecule has 2 heteroatoms. The summed E-state index contributed by atoms with van der Waals surface area (Å²) in [5, 5.41) is 8.97. The van der Waals surface area contributed by atoms with E-state index in [1.807, 2.05) is 18.2 Å². The maximum Gasteiger partial charge on any atom is 0.0991 e. The Balaban J connectivity index is 1.77. The average molecular weight is 262 g/mol. The van der Waals surface area contributed by atoms with Crippen LogP contribution in [0.5, 0.6) is 0 Å². The Morgan fingerprint density at radius 3 is 2.90 bits per heavy atom. The molecule has 20 heavy (non-hydrogen) atoms. The fourth-order valence-corrected chi connectivity index (χ4v) is 3.13. The van der Waals surface area contributed by atoms with E-state index in [0.717, 1.165) is 12.1 Å². The van der Waals surface area contributed by atoms with Crippen molar-refractivity contribution in [3.05, 3.63) is 70.8 Å². The fourth-order valence-electron chi connectivity index (χ4n) is 3.13. The number of rotatable bonds is 3. The Labute approximate surface area is 120 Å². The van der Waals surface area contributed by atoms with Crippen molar-refractivity contribution in [1.82, 2.24) is 4.90 Å². The number of fused-ring (bicyclic) bond motifs is 1. The molecule has 0 N–H and O–H groups in total. The van der Waals surface area contributed by atoms with E-state index in [9.17, 15) is 0 Å². The van der Waals surface area contributed by atoms with Gasteiger partial charge in [0.15, 0.2) is 0 Å². The van der Waals surface area contributed by atoms with Crippen molar-refractivity contribution in [2.45, 2.75) is 25.4 Å². The number of hydrogen-bond donors (Lipinski definition) is 0. The van der Waals surface area contributed by atoms with Gasteiger partial charge in [-0.2, -0.15) is 5.26 Å². The molecular weight excluding hydrogens is 244 g/mol. The van der Waals surface area contributed by atoms with Gasteiger partial charge in [-0.25, -0.2) is 0 Å². The standard InChI is InChI=1S/C18H18N2/c1-20(13-15-6-4-5-14(11-15)12-19)18-10-9-16-7-2-3-8-17(16)18/h2-8,11,18H,9-10,13H2,1H3. The van der Waals surface area contributed by atoms with E-state index in [1.165, 1.54) is 29.5 Å². The summed E-state index contributed by atoms with van der Waals surface area (Å²) in [6, 6.07) is 19.3. The van der Waals surface area contributed by atoms with Crippen LogP contribution in [0.4, 0.5) is 0 Å². The average Bonchev–Trinajstić information content (AvgIpc) is 2.91. The highest BCUT2D eigenvalue weighted by Crippen LogP contribution is 2.35. The van der Waals surface area contributed by atoms with Gasteiger partial charge in [0.25, 0.3) is 0 Å². The molecule has 1 unspecified atom stereocenters. The number of nitriles is 1. The van der Waals surface area contributed by atoms with Crippen LogP contribution in [0.15, 0.2) is 48.5 Å². The molecule has 0 spiro atoms. The quantitative estimate of drug-likeness (QED) is 0.843. The van der Waals surface area contributed by atoms with Gasteiger partial charge in [0.05, 0.1) is 11.6 Å². The van der Waals surface area contributed by atoms with Gasteiger partial charge in [-0.15, -0.1) is 0 Å². The van der Waals surface area contributed by atoms with Gasteiger partial charge >= 0.3 is 0 Å². The van der Waals surface area contributed by atoms with Crippen molar-refractivity contribution in [3.8, 4) is 6.07 Å². The first-order valence-corrected chi connectivity index (χ1v) is 7.05. The lowest BCUT2D eigenvalue weighted by atomic mass is 10.1. The van der Waals surface area contributed by atoms with E-state index in [4.69, 9.17) is 5.26 Å². The van der Waals surface area contributed by atoms with Gasteiger partial charge in [0.1, 0.15) is 0 Å². The van der Waals surface area contributed by atoms with E-state index in [2.05, 4.69) is 48.3 Å². The van der Waals surface area contributed by atoms with E-state index in [0.29, 0.717) is 6.04 Å². The summed E-state index contributed by atoms with van der Waals surface area (Å²) in [6.45, 7) is 0.883. The lowest BCUT2D eigenvalue weighted by Gasteiger charge is -2.25. The first-order valence-electron chi connectivity index (χ1n) is 7.05. The molecular formula is C18H18N2. The monoisotopic (exact) mass is 262 g/mol. The van der Waals surface area contributed by atoms with Crippen molar-refractivity contribution in [2.75, 3.05) is 7.05 Å². The highest BCUT2D eigenvalue weighted by molar-refractivity contribution is 5.35. The van der Waals surface area contributed by atoms with Gasteiger partial charge in [0.2, 0.25) is 0 Å². The summed E-state index contributed by atoms with van der Waals surface area (Å²) >= 11 is 0. The van der Waals surface area contributed by atoms with Gasteiger partial charge in [-0.05, 0) is 48.7 Å². The molecule has 0 heterocycles. The zero-order valence-electron chi connectivity index (χ0n) is 11.7. The topological polar surface area (TPSA) is 27.0 Å². The number of nitrogens with zero attached hydrogens (tertiary/aromatic N) is 2. The molecule has 1 atom stereocenters. The summed E-state index contributed by atoms with van der Waals surface area (Å²) in [5.41, 5.74) is 4.89. The van der Waals surface area contributed by atoms with Gasteiger partial charge in [0, 0.05) is 12.6 Å². The summed E-state index contributed by atoms with van der Waals surface area (Å²) in [5.74, 6) is 0. The van der Waals surface area contributed by atoms with Crippen molar-refractivity contribution in [1.29, 1.82) is 5.26 Å². The van der Waals surface area contributed by atoms with Crippen LogP contribution in [-0.4, -0.2) is 11.9 Å². The van der Waals surface area contributed by atoms with Crippen LogP contribution in [0.2, 0.25) is 0 Å². The van der Waals surface area contributed by atoms with Crippen LogP contribution in [0.1, 0.15) is 34.7 Å². The predicted octanol–water partition coefficient (Wildman–Crippen LogP) is 3.68. The van der Waals surface area contributed by atoms with Crippen LogP contribution in [0.25, 0.3) is 0 Å². The largest absolute Gasteiger partial charge is 0.295 e. The lowest BCUT2D eigenvalue weighted by molar-refractivity contribution is 0.236. The van der Waals surface area contributed by atoms with Crippen LogP contribution in [-0.2, 0) is 13.0 Å². The third-order valence-corrected chi connectivity index (χ3v) is 4.12. The number of benzene rings is 2. The molecule has 0 bridgehead atoms. The molecule has 0 fully saturated rings. The molecule has 0 aliphatic heterocycles. The Hall–Kier alpha value is -2.11. The first kappa shape index (κ1) is 12.9. The lowest BCUT2D eigenvalue weighted by Crippen LogP contribution is -2.22. The highest BCUT2D eigenvalue weighted by Gasteiger charge is 2.25. The maximum absolute atomic E-state index is 8.97. The molecule has 1 aliphatic rings. The summed E-state index contributed by atoms with van der Waals surface area (Å²) in [6.07, 6.45) is 2.36. The Morgan fingerprint density at radius 1 is 1.20 bits per heavy atom. The van der Waals surface area contributed by atoms with Gasteiger partial charge < -0.3 is 0 Å². The normalized spacial score (nSPS) is 16.9. The second-order valence-electron chi connectivity index (χ2n) is 5.48. The minimum atomic E-state index is 0.497. The number of hydrogen-bond acceptors (Lipinski definition) is 2. The molecule has 0 radical (unpaired) electrons. The van der Waals surface area contributed by atoms with E-state index in [-0.39, 0.29) is 0 Å². The molecule has 0 saturated heterocycles. The smallest absolute Gasteiger partial charge is 0.0991 e. The maximum atomic E-state index is 8.97. The van der Waals surface area contributed by atoms with Crippen LogP contribution >= 0.6 is 0 Å². The summed E-state index contributed by atoms with van der Waals surface area (Å²) in [7, 11) is 2.17. The zero-order valence-corrected chi connectivity index (χ0v) is 11.7. The summed E-state index contributed by atoms with van der Waals surface area (Å²) in [4.78, 5) is 2.39. The van der Waals surface area contributed by atoms with Crippen molar-refractivity contribution in [2.24, 2.45) is 0 Å². The second-order valence-corrected chi connectivity index (χ2v) is 5.48. The minimum absolute atomic E-state index is 0.497. The Kier molecular flexibility index (Phi) is 3.54. The molecule has 2 aromatic carbocycles. The summed E-state index contributed by atoms with van der Waals surface area (Å²) < 4.78 is 0. The van der Waals surface area contributed by atoms with E-state index in [1.54, 1.807) is 0 Å². The Morgan fingerprint density at radius 2 is 2.05 bits per heavy atom. The van der Waals surface area contributed by atoms with Crippen LogP contribution in [0, 0.1) is 11.3 Å². The Bertz CT molecular complexity index is 654. The zero-order chi connectivity index (χ0) is 13.9. The fraction of sp³-hybridized carbons (Fsp3) is 0.278. The molecule has 2 aromatic rings. The predicted molar refractivity (Wildman–Crippen MR) is 80.1 cm³/mol. The SMILES string of the molecule is CN(Cc1cccc(C#N)c1)C1CCc2ccccc21.